The van der Waals surface area contributed by atoms with Gasteiger partial charge >= 0.3 is 6.03 Å². The van der Waals surface area contributed by atoms with Gasteiger partial charge in [0.2, 0.25) is 0 Å². The second-order valence-corrected chi connectivity index (χ2v) is 7.90. The highest BCUT2D eigenvalue weighted by Crippen LogP contribution is 2.33. The van der Waals surface area contributed by atoms with Crippen molar-refractivity contribution in [2.24, 2.45) is 5.41 Å². The number of amides is 2. The van der Waals surface area contributed by atoms with E-state index in [0.29, 0.717) is 6.04 Å². The Bertz CT molecular complexity index is 521. The van der Waals surface area contributed by atoms with Gasteiger partial charge in [-0.05, 0) is 43.4 Å². The first-order chi connectivity index (χ1) is 10.9. The summed E-state index contributed by atoms with van der Waals surface area (Å²) in [5.41, 5.74) is -0.0985. The fourth-order valence-corrected chi connectivity index (χ4v) is 3.78. The van der Waals surface area contributed by atoms with Crippen molar-refractivity contribution in [2.45, 2.75) is 52.1 Å². The summed E-state index contributed by atoms with van der Waals surface area (Å²) >= 11 is 0. The van der Waals surface area contributed by atoms with Crippen LogP contribution in [0.2, 0.25) is 0 Å². The van der Waals surface area contributed by atoms with Crippen LogP contribution >= 0.6 is 0 Å². The van der Waals surface area contributed by atoms with Crippen molar-refractivity contribution in [1.82, 2.24) is 15.1 Å². The minimum atomic E-state index is -0.118. The van der Waals surface area contributed by atoms with Crippen molar-refractivity contribution in [2.75, 3.05) is 26.2 Å². The molecule has 128 valence electrons. The summed E-state index contributed by atoms with van der Waals surface area (Å²) in [5, 5.41) is 3.21. The Balaban J connectivity index is 1.69. The van der Waals surface area contributed by atoms with Gasteiger partial charge in [-0.15, -0.1) is 0 Å². The third kappa shape index (κ3) is 3.71. The lowest BCUT2D eigenvalue weighted by Gasteiger charge is -2.33. The first-order valence-electron chi connectivity index (χ1n) is 8.78. The molecule has 2 amide bonds. The summed E-state index contributed by atoms with van der Waals surface area (Å²) in [7, 11) is 0. The molecule has 2 atom stereocenters. The van der Waals surface area contributed by atoms with Crippen molar-refractivity contribution in [1.29, 1.82) is 0 Å². The predicted octanol–water partition coefficient (Wildman–Crippen LogP) is 3.25. The van der Waals surface area contributed by atoms with Gasteiger partial charge in [-0.1, -0.05) is 20.8 Å². The van der Waals surface area contributed by atoms with E-state index in [1.54, 1.807) is 6.26 Å². The van der Waals surface area contributed by atoms with Gasteiger partial charge < -0.3 is 14.6 Å². The lowest BCUT2D eigenvalue weighted by Crippen LogP contribution is -2.47. The van der Waals surface area contributed by atoms with Crippen LogP contribution in [0.4, 0.5) is 4.79 Å². The zero-order valence-corrected chi connectivity index (χ0v) is 14.5. The van der Waals surface area contributed by atoms with Crippen molar-refractivity contribution in [3.05, 3.63) is 24.2 Å². The molecule has 0 aromatic carbocycles. The molecule has 5 nitrogen and oxygen atoms in total. The molecule has 0 aliphatic carbocycles. The predicted molar refractivity (Wildman–Crippen MR) is 90.2 cm³/mol. The summed E-state index contributed by atoms with van der Waals surface area (Å²) in [6.45, 7) is 10.4. The number of urea groups is 1. The first kappa shape index (κ1) is 16.4. The smallest absolute Gasteiger partial charge is 0.318 e. The average Bonchev–Trinajstić information content (AvgIpc) is 3.11. The molecule has 1 aromatic rings. The minimum Gasteiger partial charge on any atom is -0.467 e. The number of carbonyl (C=O) groups excluding carboxylic acids is 1. The Morgan fingerprint density at radius 2 is 2.09 bits per heavy atom. The topological polar surface area (TPSA) is 48.7 Å². The van der Waals surface area contributed by atoms with E-state index in [-0.39, 0.29) is 17.5 Å². The molecule has 0 unspecified atom stereocenters. The second kappa shape index (κ2) is 6.56. The fourth-order valence-electron chi connectivity index (χ4n) is 3.78. The molecule has 2 aliphatic rings. The summed E-state index contributed by atoms with van der Waals surface area (Å²) in [5.74, 6) is 0.822. The molecule has 3 rings (SSSR count). The molecule has 0 spiro atoms. The summed E-state index contributed by atoms with van der Waals surface area (Å²) in [6, 6.07) is 4.28. The highest BCUT2D eigenvalue weighted by Gasteiger charge is 2.34. The van der Waals surface area contributed by atoms with Crippen LogP contribution in [-0.2, 0) is 0 Å². The van der Waals surface area contributed by atoms with Gasteiger partial charge in [0.05, 0.1) is 12.3 Å². The highest BCUT2D eigenvalue weighted by molar-refractivity contribution is 5.74. The van der Waals surface area contributed by atoms with E-state index in [0.717, 1.165) is 31.8 Å². The molecular formula is C18H29N3O2. The Labute approximate surface area is 139 Å². The Hall–Kier alpha value is -1.49. The third-order valence-corrected chi connectivity index (χ3v) is 5.05. The molecule has 0 bridgehead atoms. The number of furan rings is 1. The molecule has 0 radical (unpaired) electrons. The van der Waals surface area contributed by atoms with Gasteiger partial charge in [-0.2, -0.15) is 0 Å². The van der Waals surface area contributed by atoms with Crippen LogP contribution in [0.25, 0.3) is 0 Å². The lowest BCUT2D eigenvalue weighted by molar-refractivity contribution is 0.167. The highest BCUT2D eigenvalue weighted by atomic mass is 16.3. The maximum Gasteiger partial charge on any atom is 0.318 e. The molecule has 2 fully saturated rings. The molecule has 1 N–H and O–H groups in total. The van der Waals surface area contributed by atoms with Gasteiger partial charge in [0.25, 0.3) is 0 Å². The molecule has 0 saturated carbocycles. The Kier molecular flexibility index (Phi) is 4.67. The zero-order chi connectivity index (χ0) is 16.4. The molecule has 23 heavy (non-hydrogen) atoms. The Morgan fingerprint density at radius 3 is 2.78 bits per heavy atom. The molecular weight excluding hydrogens is 290 g/mol. The molecule has 1 aromatic heterocycles. The third-order valence-electron chi connectivity index (χ3n) is 5.05. The number of rotatable bonds is 2. The average molecular weight is 319 g/mol. The number of hydrogen-bond donors (Lipinski definition) is 1. The van der Waals surface area contributed by atoms with Crippen molar-refractivity contribution in [3.63, 3.8) is 0 Å². The van der Waals surface area contributed by atoms with Crippen LogP contribution < -0.4 is 5.32 Å². The molecule has 2 saturated heterocycles. The van der Waals surface area contributed by atoms with Crippen LogP contribution in [0.5, 0.6) is 0 Å². The van der Waals surface area contributed by atoms with Crippen LogP contribution in [0.3, 0.4) is 0 Å². The van der Waals surface area contributed by atoms with Gasteiger partial charge in [-0.3, -0.25) is 4.90 Å². The lowest BCUT2D eigenvalue weighted by atomic mass is 9.85. The number of nitrogens with zero attached hydrogens (tertiary/aromatic N) is 2. The molecule has 3 heterocycles. The van der Waals surface area contributed by atoms with E-state index in [4.69, 9.17) is 4.42 Å². The Morgan fingerprint density at radius 1 is 1.30 bits per heavy atom. The summed E-state index contributed by atoms with van der Waals surface area (Å²) in [4.78, 5) is 17.4. The maximum atomic E-state index is 12.8. The number of carbonyl (C=O) groups is 1. The SMILES string of the molecule is CC(C)(C)[C@@H](NC(=O)N1CCCN2CCC[C@@H]2C1)c1ccco1. The van der Waals surface area contributed by atoms with Crippen LogP contribution in [0.15, 0.2) is 22.8 Å². The quantitative estimate of drug-likeness (QED) is 0.910. The fraction of sp³-hybridized carbons (Fsp3) is 0.722. The molecule has 5 heteroatoms. The largest absolute Gasteiger partial charge is 0.467 e. The van der Waals surface area contributed by atoms with Gasteiger partial charge in [0.15, 0.2) is 0 Å². The number of hydrogen-bond acceptors (Lipinski definition) is 3. The van der Waals surface area contributed by atoms with Crippen molar-refractivity contribution < 1.29 is 9.21 Å². The first-order valence-corrected chi connectivity index (χ1v) is 8.78. The minimum absolute atomic E-state index is 0.0371. The van der Waals surface area contributed by atoms with E-state index in [1.165, 1.54) is 19.4 Å². The second-order valence-electron chi connectivity index (χ2n) is 7.90. The zero-order valence-electron chi connectivity index (χ0n) is 14.5. The van der Waals surface area contributed by atoms with Gasteiger partial charge in [0.1, 0.15) is 5.76 Å². The van der Waals surface area contributed by atoms with Crippen LogP contribution in [0, 0.1) is 5.41 Å². The summed E-state index contributed by atoms with van der Waals surface area (Å²) in [6.07, 6.45) is 5.20. The van der Waals surface area contributed by atoms with Gasteiger partial charge in [-0.25, -0.2) is 4.79 Å². The maximum absolute atomic E-state index is 12.8. The number of fused-ring (bicyclic) bond motifs is 1. The van der Waals surface area contributed by atoms with Crippen LogP contribution in [0.1, 0.15) is 51.8 Å². The van der Waals surface area contributed by atoms with Crippen molar-refractivity contribution >= 4 is 6.03 Å². The van der Waals surface area contributed by atoms with E-state index >= 15 is 0 Å². The van der Waals surface area contributed by atoms with Gasteiger partial charge in [0, 0.05) is 25.7 Å². The monoisotopic (exact) mass is 319 g/mol. The van der Waals surface area contributed by atoms with E-state index < -0.39 is 0 Å². The van der Waals surface area contributed by atoms with Crippen LogP contribution in [-0.4, -0.2) is 48.1 Å². The standard InChI is InChI=1S/C18H29N3O2/c1-18(2,3)16(15-8-5-12-23-15)19-17(22)21-11-6-10-20-9-4-7-14(20)13-21/h5,8,12,14,16H,4,6-7,9-11,13H2,1-3H3,(H,19,22)/t14-,16+/m1/s1. The van der Waals surface area contributed by atoms with E-state index in [9.17, 15) is 4.79 Å². The van der Waals surface area contributed by atoms with Crippen molar-refractivity contribution in [3.8, 4) is 0 Å². The normalized spacial score (nSPS) is 24.1. The van der Waals surface area contributed by atoms with E-state index in [1.807, 2.05) is 17.0 Å². The van der Waals surface area contributed by atoms with E-state index in [2.05, 4.69) is 31.0 Å². The molecule has 2 aliphatic heterocycles. The summed E-state index contributed by atoms with van der Waals surface area (Å²) < 4.78 is 5.56. The number of nitrogens with one attached hydrogen (secondary N) is 1.